The lowest BCUT2D eigenvalue weighted by Crippen LogP contribution is -2.02. The van der Waals surface area contributed by atoms with Crippen molar-refractivity contribution in [3.8, 4) is 0 Å². The van der Waals surface area contributed by atoms with Gasteiger partial charge in [0.1, 0.15) is 0 Å². The van der Waals surface area contributed by atoms with Gasteiger partial charge in [-0.05, 0) is 32.0 Å². The molecule has 14 heavy (non-hydrogen) atoms. The van der Waals surface area contributed by atoms with Crippen LogP contribution in [0.25, 0.3) is 10.9 Å². The molecule has 0 unspecified atom stereocenters. The maximum Gasteiger partial charge on any atom is 0.153 e. The summed E-state index contributed by atoms with van der Waals surface area (Å²) in [5.74, 6) is 0.543. The van der Waals surface area contributed by atoms with Gasteiger partial charge in [-0.1, -0.05) is 0 Å². The second kappa shape index (κ2) is 2.90. The van der Waals surface area contributed by atoms with Crippen LogP contribution in [0.3, 0.4) is 0 Å². The number of hydrogen-bond donors (Lipinski definition) is 2. The monoisotopic (exact) mass is 190 g/mol. The van der Waals surface area contributed by atoms with Crippen molar-refractivity contribution in [3.05, 3.63) is 18.2 Å². The highest BCUT2D eigenvalue weighted by molar-refractivity contribution is 5.91. The molecule has 0 saturated carbocycles. The topological polar surface area (TPSA) is 69.9 Å². The van der Waals surface area contributed by atoms with E-state index in [1.165, 1.54) is 0 Å². The third-order valence-electron chi connectivity index (χ3n) is 2.25. The standard InChI is InChI=1S/C10H14N4/c1-6(2)14-9-4-3-7(11)5-8(9)10(12)13-14/h3-6H,11H2,1-2H3,(H2,12,13). The summed E-state index contributed by atoms with van der Waals surface area (Å²) in [7, 11) is 0. The lowest BCUT2D eigenvalue weighted by molar-refractivity contribution is 0.553. The van der Waals surface area contributed by atoms with E-state index in [0.29, 0.717) is 17.5 Å². The van der Waals surface area contributed by atoms with Crippen LogP contribution < -0.4 is 11.5 Å². The number of nitrogen functional groups attached to an aromatic ring is 2. The third kappa shape index (κ3) is 1.19. The summed E-state index contributed by atoms with van der Waals surface area (Å²) < 4.78 is 1.91. The molecule has 0 aliphatic carbocycles. The number of fused-ring (bicyclic) bond motifs is 1. The Morgan fingerprint density at radius 3 is 2.64 bits per heavy atom. The fraction of sp³-hybridized carbons (Fsp3) is 0.300. The predicted octanol–water partition coefficient (Wildman–Crippen LogP) is 1.78. The number of nitrogens with two attached hydrogens (primary N) is 2. The van der Waals surface area contributed by atoms with Crippen LogP contribution in [0.2, 0.25) is 0 Å². The molecule has 0 radical (unpaired) electrons. The van der Waals surface area contributed by atoms with E-state index in [9.17, 15) is 0 Å². The first-order valence-corrected chi connectivity index (χ1v) is 4.63. The van der Waals surface area contributed by atoms with Gasteiger partial charge in [-0.25, -0.2) is 0 Å². The minimum Gasteiger partial charge on any atom is -0.399 e. The summed E-state index contributed by atoms with van der Waals surface area (Å²) in [5, 5.41) is 5.20. The van der Waals surface area contributed by atoms with Crippen molar-refractivity contribution >= 4 is 22.4 Å². The van der Waals surface area contributed by atoms with Gasteiger partial charge in [0.15, 0.2) is 5.82 Å². The molecule has 0 saturated heterocycles. The smallest absolute Gasteiger partial charge is 0.153 e. The van der Waals surface area contributed by atoms with Crippen molar-refractivity contribution < 1.29 is 0 Å². The zero-order chi connectivity index (χ0) is 10.3. The van der Waals surface area contributed by atoms with Gasteiger partial charge in [0, 0.05) is 17.1 Å². The van der Waals surface area contributed by atoms with Gasteiger partial charge in [0.25, 0.3) is 0 Å². The Morgan fingerprint density at radius 1 is 1.29 bits per heavy atom. The van der Waals surface area contributed by atoms with Crippen molar-refractivity contribution in [2.24, 2.45) is 0 Å². The fourth-order valence-electron chi connectivity index (χ4n) is 1.58. The van der Waals surface area contributed by atoms with Crippen molar-refractivity contribution in [2.45, 2.75) is 19.9 Å². The first-order valence-electron chi connectivity index (χ1n) is 4.63. The first-order chi connectivity index (χ1) is 6.59. The Morgan fingerprint density at radius 2 is 2.00 bits per heavy atom. The highest BCUT2D eigenvalue weighted by Gasteiger charge is 2.09. The third-order valence-corrected chi connectivity index (χ3v) is 2.25. The number of benzene rings is 1. The molecular formula is C10H14N4. The zero-order valence-corrected chi connectivity index (χ0v) is 8.36. The van der Waals surface area contributed by atoms with Crippen LogP contribution in [0.5, 0.6) is 0 Å². The van der Waals surface area contributed by atoms with Gasteiger partial charge < -0.3 is 11.5 Å². The first kappa shape index (κ1) is 8.87. The van der Waals surface area contributed by atoms with Crippen molar-refractivity contribution in [1.29, 1.82) is 0 Å². The number of hydrogen-bond acceptors (Lipinski definition) is 3. The Hall–Kier alpha value is -1.71. The molecule has 0 bridgehead atoms. The van der Waals surface area contributed by atoms with Crippen molar-refractivity contribution in [3.63, 3.8) is 0 Å². The summed E-state index contributed by atoms with van der Waals surface area (Å²) >= 11 is 0. The van der Waals surface area contributed by atoms with E-state index in [1.807, 2.05) is 22.9 Å². The van der Waals surface area contributed by atoms with E-state index in [1.54, 1.807) is 0 Å². The molecule has 1 aromatic carbocycles. The van der Waals surface area contributed by atoms with Crippen LogP contribution in [0.4, 0.5) is 11.5 Å². The lowest BCUT2D eigenvalue weighted by Gasteiger charge is -2.06. The van der Waals surface area contributed by atoms with Gasteiger partial charge in [-0.3, -0.25) is 4.68 Å². The van der Waals surface area contributed by atoms with Gasteiger partial charge in [0.05, 0.1) is 5.52 Å². The number of aromatic nitrogens is 2. The van der Waals surface area contributed by atoms with E-state index >= 15 is 0 Å². The fourth-order valence-corrected chi connectivity index (χ4v) is 1.58. The zero-order valence-electron chi connectivity index (χ0n) is 8.36. The summed E-state index contributed by atoms with van der Waals surface area (Å²) in [6.45, 7) is 4.14. The molecule has 0 spiro atoms. The average molecular weight is 190 g/mol. The van der Waals surface area contributed by atoms with Gasteiger partial charge in [-0.2, -0.15) is 5.10 Å². The molecule has 74 valence electrons. The molecule has 0 aliphatic heterocycles. The molecule has 4 heteroatoms. The molecule has 1 aromatic heterocycles. The molecule has 0 fully saturated rings. The Bertz CT molecular complexity index is 470. The molecular weight excluding hydrogens is 176 g/mol. The number of anilines is 2. The van der Waals surface area contributed by atoms with Crippen LogP contribution in [-0.2, 0) is 0 Å². The largest absolute Gasteiger partial charge is 0.399 e. The van der Waals surface area contributed by atoms with Gasteiger partial charge >= 0.3 is 0 Å². The Labute approximate surface area is 82.5 Å². The van der Waals surface area contributed by atoms with Crippen LogP contribution >= 0.6 is 0 Å². The summed E-state index contributed by atoms with van der Waals surface area (Å²) in [6, 6.07) is 5.98. The summed E-state index contributed by atoms with van der Waals surface area (Å²) in [6.07, 6.45) is 0. The molecule has 0 atom stereocenters. The summed E-state index contributed by atoms with van der Waals surface area (Å²) in [5.41, 5.74) is 13.2. The van der Waals surface area contributed by atoms with E-state index < -0.39 is 0 Å². The Kier molecular flexibility index (Phi) is 1.84. The molecule has 4 nitrogen and oxygen atoms in total. The summed E-state index contributed by atoms with van der Waals surface area (Å²) in [4.78, 5) is 0. The van der Waals surface area contributed by atoms with Crippen LogP contribution in [-0.4, -0.2) is 9.78 Å². The van der Waals surface area contributed by atoms with Gasteiger partial charge in [-0.15, -0.1) is 0 Å². The van der Waals surface area contributed by atoms with Crippen LogP contribution in [0.1, 0.15) is 19.9 Å². The van der Waals surface area contributed by atoms with Crippen molar-refractivity contribution in [1.82, 2.24) is 9.78 Å². The number of rotatable bonds is 1. The maximum absolute atomic E-state index is 5.80. The minimum absolute atomic E-state index is 0.304. The second-order valence-electron chi connectivity index (χ2n) is 3.70. The van der Waals surface area contributed by atoms with E-state index in [4.69, 9.17) is 11.5 Å². The predicted molar refractivity (Wildman–Crippen MR) is 58.9 cm³/mol. The highest BCUT2D eigenvalue weighted by atomic mass is 15.3. The number of nitrogens with zero attached hydrogens (tertiary/aromatic N) is 2. The molecule has 2 aromatic rings. The highest BCUT2D eigenvalue weighted by Crippen LogP contribution is 2.25. The van der Waals surface area contributed by atoms with Crippen LogP contribution in [0, 0.1) is 0 Å². The average Bonchev–Trinajstić information content (AvgIpc) is 2.44. The van der Waals surface area contributed by atoms with Crippen LogP contribution in [0.15, 0.2) is 18.2 Å². The molecule has 0 aliphatic rings. The van der Waals surface area contributed by atoms with Gasteiger partial charge in [0.2, 0.25) is 0 Å². The van der Waals surface area contributed by atoms with Crippen molar-refractivity contribution in [2.75, 3.05) is 11.5 Å². The molecule has 1 heterocycles. The lowest BCUT2D eigenvalue weighted by atomic mass is 10.2. The van der Waals surface area contributed by atoms with E-state index in [2.05, 4.69) is 18.9 Å². The molecule has 4 N–H and O–H groups in total. The van der Waals surface area contributed by atoms with E-state index in [0.717, 1.165) is 10.9 Å². The Balaban J connectivity index is 2.77. The molecule has 2 rings (SSSR count). The minimum atomic E-state index is 0.304. The maximum atomic E-state index is 5.80. The SMILES string of the molecule is CC(C)n1nc(N)c2cc(N)ccc21. The second-order valence-corrected chi connectivity index (χ2v) is 3.70. The normalized spacial score (nSPS) is 11.4. The van der Waals surface area contributed by atoms with E-state index in [-0.39, 0.29) is 0 Å². The quantitative estimate of drug-likeness (QED) is 0.673. The molecule has 0 amide bonds.